The van der Waals surface area contributed by atoms with Crippen LogP contribution in [0.1, 0.15) is 18.3 Å². The van der Waals surface area contributed by atoms with Crippen LogP contribution in [0.25, 0.3) is 0 Å². The van der Waals surface area contributed by atoms with E-state index in [-0.39, 0.29) is 6.42 Å². The van der Waals surface area contributed by atoms with E-state index in [0.29, 0.717) is 12.2 Å². The fourth-order valence-corrected chi connectivity index (χ4v) is 1.63. The maximum atomic E-state index is 12.5. The van der Waals surface area contributed by atoms with Crippen molar-refractivity contribution in [2.24, 2.45) is 0 Å². The minimum Gasteiger partial charge on any atom is -0.367 e. The first kappa shape index (κ1) is 16.6. The lowest BCUT2D eigenvalue weighted by molar-refractivity contribution is -0.168. The molecule has 1 aromatic rings. The van der Waals surface area contributed by atoms with E-state index in [2.05, 4.69) is 9.84 Å². The fraction of sp³-hybridized carbons (Fsp3) is 0.667. The van der Waals surface area contributed by atoms with Crippen LogP contribution >= 0.6 is 0 Å². The molecule has 0 N–H and O–H groups in total. The van der Waals surface area contributed by atoms with Crippen molar-refractivity contribution >= 4 is 5.78 Å². The number of aromatic nitrogens is 2. The van der Waals surface area contributed by atoms with Crippen molar-refractivity contribution in [3.05, 3.63) is 17.5 Å². The number of hydrogen-bond acceptors (Lipinski definition) is 3. The monoisotopic (exact) mass is 296 g/mol. The second-order valence-electron chi connectivity index (χ2n) is 4.36. The van der Waals surface area contributed by atoms with Gasteiger partial charge in [0, 0.05) is 12.2 Å². The second kappa shape index (κ2) is 6.83. The molecule has 1 aromatic heterocycles. The van der Waals surface area contributed by atoms with Crippen LogP contribution in [0.2, 0.25) is 0 Å². The molecule has 0 aliphatic heterocycles. The van der Waals surface area contributed by atoms with Crippen LogP contribution in [0.15, 0.2) is 6.07 Å². The van der Waals surface area contributed by atoms with Gasteiger partial charge < -0.3 is 4.74 Å². The minimum atomic E-state index is -4.23. The van der Waals surface area contributed by atoms with Crippen LogP contribution < -0.4 is 0 Å². The van der Waals surface area contributed by atoms with Gasteiger partial charge in [-0.1, -0.05) is 0 Å². The first-order chi connectivity index (χ1) is 9.26. The molecular weight excluding hydrogens is 280 g/mol. The van der Waals surface area contributed by atoms with Crippen molar-refractivity contribution in [3.63, 3.8) is 0 Å². The molecule has 1 rings (SSSR count). The summed E-state index contributed by atoms with van der Waals surface area (Å²) in [6.45, 7) is 2.08. The van der Waals surface area contributed by atoms with Crippen molar-refractivity contribution in [1.82, 2.24) is 9.78 Å². The summed E-state index contributed by atoms with van der Waals surface area (Å²) >= 11 is 0. The number of rotatable bonds is 8. The van der Waals surface area contributed by atoms with E-state index in [0.717, 1.165) is 5.69 Å². The Hall–Kier alpha value is -1.44. The predicted molar refractivity (Wildman–Crippen MR) is 63.1 cm³/mol. The van der Waals surface area contributed by atoms with Crippen LogP contribution in [0, 0.1) is 6.92 Å². The number of carbonyl (C=O) groups is 1. The third-order valence-corrected chi connectivity index (χ3v) is 2.54. The average molecular weight is 296 g/mol. The molecule has 0 atom stereocenters. The number of nitrogens with zero attached hydrogens (tertiary/aromatic N) is 2. The predicted octanol–water partition coefficient (Wildman–Crippen LogP) is 2.24. The van der Waals surface area contributed by atoms with E-state index in [9.17, 15) is 22.4 Å². The molecule has 0 aromatic carbocycles. The van der Waals surface area contributed by atoms with Crippen molar-refractivity contribution in [1.29, 1.82) is 0 Å². The van der Waals surface area contributed by atoms with Crippen LogP contribution in [0.3, 0.4) is 0 Å². The van der Waals surface area contributed by atoms with Crippen molar-refractivity contribution in [2.45, 2.75) is 39.2 Å². The number of ether oxygens (including phenoxy) is 1. The van der Waals surface area contributed by atoms with Crippen molar-refractivity contribution in [2.75, 3.05) is 13.2 Å². The Morgan fingerprint density at radius 2 is 2.15 bits per heavy atom. The highest BCUT2D eigenvalue weighted by Gasteiger charge is 2.41. The normalized spacial score (nSPS) is 12.2. The summed E-state index contributed by atoms with van der Waals surface area (Å²) in [5.74, 6) is -4.70. The summed E-state index contributed by atoms with van der Waals surface area (Å²) in [5, 5.41) is 4.13. The summed E-state index contributed by atoms with van der Waals surface area (Å²) < 4.78 is 54.8. The number of hydrogen-bond donors (Lipinski definition) is 0. The molecule has 8 heteroatoms. The van der Waals surface area contributed by atoms with Crippen LogP contribution in [0.5, 0.6) is 0 Å². The van der Waals surface area contributed by atoms with Crippen LogP contribution in [-0.2, 0) is 22.5 Å². The van der Waals surface area contributed by atoms with E-state index >= 15 is 0 Å². The zero-order chi connectivity index (χ0) is 15.3. The molecule has 0 aliphatic rings. The Balaban J connectivity index is 2.44. The first-order valence-corrected chi connectivity index (χ1v) is 6.05. The van der Waals surface area contributed by atoms with E-state index in [1.807, 2.05) is 6.92 Å². The molecule has 0 bridgehead atoms. The molecule has 0 unspecified atom stereocenters. The summed E-state index contributed by atoms with van der Waals surface area (Å²) in [7, 11) is 0. The maximum absolute atomic E-state index is 12.5. The third-order valence-electron chi connectivity index (χ3n) is 2.54. The lowest BCUT2D eigenvalue weighted by atomic mass is 10.2. The van der Waals surface area contributed by atoms with E-state index in [4.69, 9.17) is 0 Å². The van der Waals surface area contributed by atoms with Gasteiger partial charge in [-0.05, 0) is 19.9 Å². The number of alkyl halides is 4. The summed E-state index contributed by atoms with van der Waals surface area (Å²) in [6, 6.07) is 1.70. The van der Waals surface area contributed by atoms with Crippen LogP contribution in [0.4, 0.5) is 17.6 Å². The van der Waals surface area contributed by atoms with Gasteiger partial charge >= 0.3 is 12.3 Å². The second-order valence-corrected chi connectivity index (χ2v) is 4.36. The largest absolute Gasteiger partial charge is 0.367 e. The van der Waals surface area contributed by atoms with Gasteiger partial charge in [0.1, 0.15) is 13.2 Å². The highest BCUT2D eigenvalue weighted by Crippen LogP contribution is 2.22. The first-order valence-electron chi connectivity index (χ1n) is 6.05. The molecular formula is C12H16F4N2O2. The summed E-state index contributed by atoms with van der Waals surface area (Å²) in [4.78, 5) is 11.5. The number of halogens is 4. The Morgan fingerprint density at radius 1 is 1.50 bits per heavy atom. The van der Waals surface area contributed by atoms with Gasteiger partial charge in [-0.2, -0.15) is 13.9 Å². The number of ketones is 1. The average Bonchev–Trinajstić information content (AvgIpc) is 2.68. The molecule has 1 heterocycles. The highest BCUT2D eigenvalue weighted by molar-refractivity contribution is 5.81. The molecule has 0 aliphatic carbocycles. The Morgan fingerprint density at radius 3 is 2.70 bits per heavy atom. The number of carbonyl (C=O) groups excluding carboxylic acids is 1. The molecule has 0 amide bonds. The van der Waals surface area contributed by atoms with Gasteiger partial charge in [0.25, 0.3) is 0 Å². The Bertz CT molecular complexity index is 460. The zero-order valence-electron chi connectivity index (χ0n) is 11.2. The molecule has 0 spiro atoms. The topological polar surface area (TPSA) is 44.1 Å². The van der Waals surface area contributed by atoms with Gasteiger partial charge in [0.2, 0.25) is 0 Å². The number of Topliss-reactive ketones (excluding diaryl/α,β-unsaturated/α-hetero) is 1. The summed E-state index contributed by atoms with van der Waals surface area (Å²) in [6.07, 6.45) is -3.84. The maximum Gasteiger partial charge on any atom is 0.330 e. The standard InChI is InChI=1S/C12H16F4N2O2/c1-3-18-9(4-8(2)17-18)5-10(19)6-20-7-12(15,16)11(13)14/h4,11H,3,5-7H2,1-2H3. The number of aryl methyl sites for hydroxylation is 2. The van der Waals surface area contributed by atoms with Crippen LogP contribution in [-0.4, -0.2) is 41.1 Å². The highest BCUT2D eigenvalue weighted by atomic mass is 19.3. The minimum absolute atomic E-state index is 0.0328. The van der Waals surface area contributed by atoms with E-state index in [1.54, 1.807) is 17.7 Å². The summed E-state index contributed by atoms with van der Waals surface area (Å²) in [5.41, 5.74) is 1.37. The Labute approximate surface area is 113 Å². The zero-order valence-corrected chi connectivity index (χ0v) is 11.2. The molecule has 0 fully saturated rings. The van der Waals surface area contributed by atoms with Gasteiger partial charge in [0.05, 0.1) is 12.1 Å². The van der Waals surface area contributed by atoms with Crippen molar-refractivity contribution < 1.29 is 27.1 Å². The fourth-order valence-electron chi connectivity index (χ4n) is 1.63. The van der Waals surface area contributed by atoms with Gasteiger partial charge in [-0.15, -0.1) is 0 Å². The van der Waals surface area contributed by atoms with E-state index < -0.39 is 31.3 Å². The molecule has 0 radical (unpaired) electrons. The van der Waals surface area contributed by atoms with Gasteiger partial charge in [0.15, 0.2) is 5.78 Å². The molecule has 4 nitrogen and oxygen atoms in total. The third kappa shape index (κ3) is 4.59. The van der Waals surface area contributed by atoms with E-state index in [1.165, 1.54) is 0 Å². The van der Waals surface area contributed by atoms with Gasteiger partial charge in [-0.3, -0.25) is 9.48 Å². The molecule has 20 heavy (non-hydrogen) atoms. The Kier molecular flexibility index (Phi) is 5.67. The van der Waals surface area contributed by atoms with Crippen molar-refractivity contribution in [3.8, 4) is 0 Å². The van der Waals surface area contributed by atoms with Gasteiger partial charge in [-0.25, -0.2) is 8.78 Å². The molecule has 0 saturated heterocycles. The quantitative estimate of drug-likeness (QED) is 0.691. The molecule has 114 valence electrons. The molecule has 0 saturated carbocycles. The lowest BCUT2D eigenvalue weighted by Crippen LogP contribution is -2.33. The smallest absolute Gasteiger partial charge is 0.330 e. The lowest BCUT2D eigenvalue weighted by Gasteiger charge is -2.14. The SMILES string of the molecule is CCn1nc(C)cc1CC(=O)COCC(F)(F)C(F)F.